The normalized spacial score (nSPS) is 11.2. The van der Waals surface area contributed by atoms with Gasteiger partial charge in [-0.3, -0.25) is 14.8 Å². The average molecular weight is 425 g/mol. The molecule has 1 aromatic carbocycles. The molecule has 8 nitrogen and oxygen atoms in total. The summed E-state index contributed by atoms with van der Waals surface area (Å²) in [6.45, 7) is 5.65. The average Bonchev–Trinajstić information content (AvgIpc) is 3.20. The third kappa shape index (κ3) is 2.94. The Hall–Kier alpha value is -3.59. The number of benzene rings is 1. The topological polar surface area (TPSA) is 128 Å². The second kappa shape index (κ2) is 7.03. The maximum absolute atomic E-state index is 12.7. The number of fused-ring (bicyclic) bond motifs is 1. The summed E-state index contributed by atoms with van der Waals surface area (Å²) >= 11 is 1.17. The molecule has 0 saturated carbocycles. The first-order chi connectivity index (χ1) is 14.2. The lowest BCUT2D eigenvalue weighted by Crippen LogP contribution is -2.21. The number of thiophene rings is 1. The lowest BCUT2D eigenvalue weighted by Gasteiger charge is -2.07. The Morgan fingerprint density at radius 1 is 1.07 bits per heavy atom. The second-order valence-electron chi connectivity index (χ2n) is 7.03. The highest BCUT2D eigenvalue weighted by atomic mass is 32.1. The van der Waals surface area contributed by atoms with Crippen LogP contribution in [-0.4, -0.2) is 33.1 Å². The molecule has 0 atom stereocenters. The van der Waals surface area contributed by atoms with Gasteiger partial charge in [-0.2, -0.15) is 0 Å². The molecule has 30 heavy (non-hydrogen) atoms. The summed E-state index contributed by atoms with van der Waals surface area (Å²) in [6, 6.07) is 5.79. The zero-order valence-corrected chi connectivity index (χ0v) is 17.5. The first kappa shape index (κ1) is 19.7. The maximum atomic E-state index is 12.7. The number of carbonyl (C=O) groups is 1. The van der Waals surface area contributed by atoms with Crippen molar-refractivity contribution in [3.63, 3.8) is 0 Å². The molecular formula is C21H19N3O5S. The Morgan fingerprint density at radius 2 is 1.80 bits per heavy atom. The Kier molecular flexibility index (Phi) is 4.62. The molecule has 0 aliphatic heterocycles. The van der Waals surface area contributed by atoms with Crippen LogP contribution in [0.5, 0.6) is 5.75 Å². The van der Waals surface area contributed by atoms with Gasteiger partial charge in [0.15, 0.2) is 0 Å². The van der Waals surface area contributed by atoms with E-state index in [1.54, 1.807) is 6.92 Å². The van der Waals surface area contributed by atoms with Gasteiger partial charge < -0.3 is 14.8 Å². The smallest absolute Gasteiger partial charge is 0.342 e. The van der Waals surface area contributed by atoms with Crippen molar-refractivity contribution >= 4 is 28.3 Å². The quantitative estimate of drug-likeness (QED) is 0.374. The highest BCUT2D eigenvalue weighted by molar-refractivity contribution is 7.16. The van der Waals surface area contributed by atoms with E-state index in [-0.39, 0.29) is 22.3 Å². The molecule has 9 heteroatoms. The van der Waals surface area contributed by atoms with Crippen molar-refractivity contribution in [2.75, 3.05) is 7.11 Å². The largest absolute Gasteiger partial charge is 0.505 e. The van der Waals surface area contributed by atoms with Crippen molar-refractivity contribution in [1.82, 2.24) is 15.0 Å². The molecule has 0 fully saturated rings. The van der Waals surface area contributed by atoms with Gasteiger partial charge in [0.1, 0.15) is 17.0 Å². The van der Waals surface area contributed by atoms with Crippen molar-refractivity contribution < 1.29 is 14.6 Å². The van der Waals surface area contributed by atoms with Crippen molar-refractivity contribution in [2.45, 2.75) is 20.8 Å². The van der Waals surface area contributed by atoms with Crippen LogP contribution in [0.1, 0.15) is 26.4 Å². The standard InChI is InChI=1S/C21H19N3O5S/c1-8-5-6-11(7-9(8)2)15-13(14-18(22-15)23-21(28)24-19(14)26)17-16(25)12(10(3)30-17)20(27)29-4/h5-7,25H,1-4H3,(H3,22,23,24,26,28). The number of carbonyl (C=O) groups excluding carboxylic acids is 1. The fraction of sp³-hybridized carbons (Fsp3) is 0.190. The van der Waals surface area contributed by atoms with Gasteiger partial charge in [0.25, 0.3) is 5.56 Å². The minimum absolute atomic E-state index is 0.0544. The van der Waals surface area contributed by atoms with Crippen LogP contribution in [0.15, 0.2) is 27.8 Å². The predicted molar refractivity (Wildman–Crippen MR) is 116 cm³/mol. The molecule has 154 valence electrons. The molecule has 0 unspecified atom stereocenters. The Balaban J connectivity index is 2.13. The number of H-pyrrole nitrogens is 3. The van der Waals surface area contributed by atoms with Gasteiger partial charge in [0, 0.05) is 10.4 Å². The third-order valence-electron chi connectivity index (χ3n) is 5.16. The molecular weight excluding hydrogens is 406 g/mol. The molecule has 4 rings (SSSR count). The lowest BCUT2D eigenvalue weighted by atomic mass is 10.00. The van der Waals surface area contributed by atoms with Gasteiger partial charge >= 0.3 is 11.7 Å². The Morgan fingerprint density at radius 3 is 2.47 bits per heavy atom. The SMILES string of the molecule is COC(=O)c1c(C)sc(-c2c(-c3ccc(C)c(C)c3)[nH]c3[nH]c(=O)[nH]c(=O)c23)c1O. The molecule has 3 aromatic heterocycles. The number of nitrogens with one attached hydrogen (secondary N) is 3. The number of esters is 1. The summed E-state index contributed by atoms with van der Waals surface area (Å²) in [7, 11) is 1.24. The van der Waals surface area contributed by atoms with Crippen molar-refractivity contribution in [2.24, 2.45) is 0 Å². The lowest BCUT2D eigenvalue weighted by molar-refractivity contribution is 0.0597. The van der Waals surface area contributed by atoms with Gasteiger partial charge in [0.05, 0.1) is 23.1 Å². The summed E-state index contributed by atoms with van der Waals surface area (Å²) in [5.41, 5.74) is 2.92. The van der Waals surface area contributed by atoms with E-state index in [9.17, 15) is 19.5 Å². The number of hydrogen-bond donors (Lipinski definition) is 4. The Bertz CT molecular complexity index is 1440. The number of aryl methyl sites for hydroxylation is 3. The van der Waals surface area contributed by atoms with Crippen molar-refractivity contribution in [1.29, 1.82) is 0 Å². The van der Waals surface area contributed by atoms with Crippen LogP contribution in [0.25, 0.3) is 32.7 Å². The zero-order chi connectivity index (χ0) is 21.7. The molecule has 0 saturated heterocycles. The fourth-order valence-electron chi connectivity index (χ4n) is 3.52. The first-order valence-electron chi connectivity index (χ1n) is 9.09. The van der Waals surface area contributed by atoms with Crippen LogP contribution < -0.4 is 11.2 Å². The summed E-state index contributed by atoms with van der Waals surface area (Å²) in [5.74, 6) is -0.927. The van der Waals surface area contributed by atoms with E-state index < -0.39 is 17.2 Å². The van der Waals surface area contributed by atoms with Crippen LogP contribution >= 0.6 is 11.3 Å². The minimum atomic E-state index is -0.664. The number of aromatic nitrogens is 3. The summed E-state index contributed by atoms with van der Waals surface area (Å²) in [5, 5.41) is 11.1. The molecule has 3 heterocycles. The van der Waals surface area contributed by atoms with Crippen LogP contribution in [0.4, 0.5) is 0 Å². The van der Waals surface area contributed by atoms with E-state index in [1.807, 2.05) is 32.0 Å². The van der Waals surface area contributed by atoms with Gasteiger partial charge in [-0.15, -0.1) is 11.3 Å². The van der Waals surface area contributed by atoms with E-state index >= 15 is 0 Å². The molecule has 0 radical (unpaired) electrons. The van der Waals surface area contributed by atoms with Gasteiger partial charge in [-0.25, -0.2) is 9.59 Å². The Labute approximate surface area is 174 Å². The first-order valence-corrected chi connectivity index (χ1v) is 9.91. The number of ether oxygens (including phenoxy) is 1. The predicted octanol–water partition coefficient (Wildman–Crippen LogP) is 3.36. The minimum Gasteiger partial charge on any atom is -0.505 e. The monoisotopic (exact) mass is 425 g/mol. The number of aromatic amines is 3. The zero-order valence-electron chi connectivity index (χ0n) is 16.7. The summed E-state index contributed by atoms with van der Waals surface area (Å²) < 4.78 is 4.78. The van der Waals surface area contributed by atoms with Gasteiger partial charge in [-0.1, -0.05) is 12.1 Å². The number of methoxy groups -OCH3 is 1. The summed E-state index contributed by atoms with van der Waals surface area (Å²) in [4.78, 5) is 45.5. The van der Waals surface area contributed by atoms with Crippen molar-refractivity contribution in [3.05, 3.63) is 60.6 Å². The van der Waals surface area contributed by atoms with Gasteiger partial charge in [-0.05, 0) is 43.5 Å². The number of rotatable bonds is 3. The molecule has 4 N–H and O–H groups in total. The molecule has 4 aromatic rings. The van der Waals surface area contributed by atoms with Crippen LogP contribution in [0.3, 0.4) is 0 Å². The van der Waals surface area contributed by atoms with Gasteiger partial charge in [0.2, 0.25) is 0 Å². The van der Waals surface area contributed by atoms with Crippen LogP contribution in [0, 0.1) is 20.8 Å². The number of hydrogen-bond acceptors (Lipinski definition) is 6. The molecule has 0 amide bonds. The molecule has 0 aliphatic rings. The maximum Gasteiger partial charge on any atom is 0.342 e. The highest BCUT2D eigenvalue weighted by Gasteiger charge is 2.28. The van der Waals surface area contributed by atoms with Crippen LogP contribution in [-0.2, 0) is 4.74 Å². The van der Waals surface area contributed by atoms with Crippen molar-refractivity contribution in [3.8, 4) is 27.4 Å². The second-order valence-corrected chi connectivity index (χ2v) is 8.26. The highest BCUT2D eigenvalue weighted by Crippen LogP contribution is 2.47. The van der Waals surface area contributed by atoms with Crippen LogP contribution in [0.2, 0.25) is 0 Å². The molecule has 0 bridgehead atoms. The van der Waals surface area contributed by atoms with E-state index in [4.69, 9.17) is 4.74 Å². The number of aromatic hydroxyl groups is 1. The van der Waals surface area contributed by atoms with E-state index in [0.717, 1.165) is 16.7 Å². The molecule has 0 aliphatic carbocycles. The van der Waals surface area contributed by atoms with E-state index in [0.29, 0.717) is 21.0 Å². The third-order valence-corrected chi connectivity index (χ3v) is 6.28. The molecule has 0 spiro atoms. The van der Waals surface area contributed by atoms with E-state index in [2.05, 4.69) is 15.0 Å². The summed E-state index contributed by atoms with van der Waals surface area (Å²) in [6.07, 6.45) is 0. The fourth-order valence-corrected chi connectivity index (χ4v) is 4.61. The van der Waals surface area contributed by atoms with E-state index in [1.165, 1.54) is 18.4 Å².